The molecule has 2 N–H and O–H groups in total. The van der Waals surface area contributed by atoms with Gasteiger partial charge in [-0.1, -0.05) is 29.8 Å². The molecule has 2 rings (SSSR count). The summed E-state index contributed by atoms with van der Waals surface area (Å²) in [6.45, 7) is 7.43. The number of guanidine groups is 1. The van der Waals surface area contributed by atoms with Crippen molar-refractivity contribution < 1.29 is 4.74 Å². The largest absolute Gasteiger partial charge is 0.496 e. The minimum atomic E-state index is 0.593. The summed E-state index contributed by atoms with van der Waals surface area (Å²) in [5.74, 6) is 1.64. The molecule has 128 valence electrons. The molecule has 0 saturated heterocycles. The lowest BCUT2D eigenvalue weighted by atomic mass is 10.1. The Bertz CT molecular complexity index is 708. The van der Waals surface area contributed by atoms with E-state index in [1.54, 1.807) is 14.2 Å². The number of methoxy groups -OCH3 is 1. The molecule has 0 amide bonds. The molecule has 2 aromatic rings. The molecule has 0 aliphatic rings. The summed E-state index contributed by atoms with van der Waals surface area (Å²) in [5, 5.41) is 6.61. The van der Waals surface area contributed by atoms with Crippen LogP contribution in [-0.2, 0) is 13.1 Å². The van der Waals surface area contributed by atoms with E-state index in [0.29, 0.717) is 6.54 Å². The lowest BCUT2D eigenvalue weighted by molar-refractivity contribution is 0.406. The van der Waals surface area contributed by atoms with Gasteiger partial charge < -0.3 is 15.4 Å². The number of hydrogen-bond acceptors (Lipinski definition) is 3. The maximum Gasteiger partial charge on any atom is 0.191 e. The van der Waals surface area contributed by atoms with Gasteiger partial charge >= 0.3 is 0 Å². The number of ether oxygens (including phenoxy) is 1. The third-order valence-electron chi connectivity index (χ3n) is 3.98. The highest BCUT2D eigenvalue weighted by molar-refractivity contribution is 5.79. The van der Waals surface area contributed by atoms with E-state index in [1.165, 1.54) is 11.1 Å². The third-order valence-corrected chi connectivity index (χ3v) is 3.98. The van der Waals surface area contributed by atoms with Crippen LogP contribution in [-0.4, -0.2) is 25.1 Å². The van der Waals surface area contributed by atoms with E-state index in [4.69, 9.17) is 4.74 Å². The van der Waals surface area contributed by atoms with E-state index in [-0.39, 0.29) is 0 Å². The van der Waals surface area contributed by atoms with Gasteiger partial charge in [0.25, 0.3) is 0 Å². The Morgan fingerprint density at radius 3 is 2.38 bits per heavy atom. The van der Waals surface area contributed by atoms with Crippen LogP contribution in [0.1, 0.15) is 27.9 Å². The summed E-state index contributed by atoms with van der Waals surface area (Å²) >= 11 is 0. The predicted molar refractivity (Wildman–Crippen MR) is 98.5 cm³/mol. The van der Waals surface area contributed by atoms with Crippen LogP contribution < -0.4 is 15.4 Å². The average molecular weight is 326 g/mol. The van der Waals surface area contributed by atoms with Crippen molar-refractivity contribution in [2.24, 2.45) is 4.99 Å². The maximum absolute atomic E-state index is 5.45. The molecule has 0 aliphatic heterocycles. The highest BCUT2D eigenvalue weighted by Crippen LogP contribution is 2.23. The van der Waals surface area contributed by atoms with E-state index in [2.05, 4.69) is 51.8 Å². The molecule has 1 aromatic heterocycles. The van der Waals surface area contributed by atoms with Crippen LogP contribution in [0.25, 0.3) is 0 Å². The fourth-order valence-corrected chi connectivity index (χ4v) is 2.53. The number of rotatable bonds is 5. The first-order chi connectivity index (χ1) is 11.5. The van der Waals surface area contributed by atoms with Crippen LogP contribution in [0.15, 0.2) is 35.5 Å². The maximum atomic E-state index is 5.45. The lowest BCUT2D eigenvalue weighted by Gasteiger charge is -2.15. The molecule has 0 aliphatic carbocycles. The highest BCUT2D eigenvalue weighted by atomic mass is 16.5. The van der Waals surface area contributed by atoms with Gasteiger partial charge in [-0.15, -0.1) is 0 Å². The molecule has 0 fully saturated rings. The first kappa shape index (κ1) is 17.8. The van der Waals surface area contributed by atoms with Crippen LogP contribution >= 0.6 is 0 Å². The van der Waals surface area contributed by atoms with Gasteiger partial charge in [0, 0.05) is 30.9 Å². The summed E-state index contributed by atoms with van der Waals surface area (Å²) in [4.78, 5) is 8.76. The van der Waals surface area contributed by atoms with Crippen molar-refractivity contribution in [3.05, 3.63) is 58.4 Å². The van der Waals surface area contributed by atoms with Gasteiger partial charge in [0.2, 0.25) is 0 Å². The Hall–Kier alpha value is -2.56. The zero-order valence-electron chi connectivity index (χ0n) is 15.1. The minimum Gasteiger partial charge on any atom is -0.496 e. The molecule has 0 spiro atoms. The van der Waals surface area contributed by atoms with E-state index in [1.807, 2.05) is 20.0 Å². The minimum absolute atomic E-state index is 0.593. The molecule has 5 heteroatoms. The SMILES string of the molecule is CN=C(NCc1ccc(C)cc1)NCc1ncc(C)c(OC)c1C. The van der Waals surface area contributed by atoms with Gasteiger partial charge in [-0.05, 0) is 26.3 Å². The van der Waals surface area contributed by atoms with Gasteiger partial charge in [0.05, 0.1) is 19.3 Å². The Kier molecular flexibility index (Phi) is 6.18. The van der Waals surface area contributed by atoms with E-state index < -0.39 is 0 Å². The number of pyridine rings is 1. The molecule has 0 unspecified atom stereocenters. The number of aliphatic imine (C=N–C) groups is 1. The van der Waals surface area contributed by atoms with Crippen LogP contribution in [0.4, 0.5) is 0 Å². The topological polar surface area (TPSA) is 58.5 Å². The van der Waals surface area contributed by atoms with Crippen LogP contribution in [0, 0.1) is 20.8 Å². The van der Waals surface area contributed by atoms with E-state index in [0.717, 1.165) is 35.1 Å². The number of aryl methyl sites for hydroxylation is 2. The van der Waals surface area contributed by atoms with Crippen LogP contribution in [0.5, 0.6) is 5.75 Å². The number of hydrogen-bond donors (Lipinski definition) is 2. The van der Waals surface area contributed by atoms with Gasteiger partial charge in [0.15, 0.2) is 5.96 Å². The molecule has 1 heterocycles. The normalized spacial score (nSPS) is 11.3. The molecule has 1 aromatic carbocycles. The molecule has 0 radical (unpaired) electrons. The standard InChI is InChI=1S/C19H26N4O/c1-13-6-8-16(9-7-13)11-22-19(20-4)23-12-17-15(3)18(24-5)14(2)10-21-17/h6-10H,11-12H2,1-5H3,(H2,20,22,23). The number of benzene rings is 1. The number of aromatic nitrogens is 1. The zero-order chi connectivity index (χ0) is 17.5. The van der Waals surface area contributed by atoms with Gasteiger partial charge in [-0.2, -0.15) is 0 Å². The third kappa shape index (κ3) is 4.47. The summed E-state index contributed by atoms with van der Waals surface area (Å²) in [5.41, 5.74) is 5.53. The van der Waals surface area contributed by atoms with Gasteiger partial charge in [-0.3, -0.25) is 9.98 Å². The first-order valence-corrected chi connectivity index (χ1v) is 8.04. The summed E-state index contributed by atoms with van der Waals surface area (Å²) in [7, 11) is 3.45. The summed E-state index contributed by atoms with van der Waals surface area (Å²) in [6, 6.07) is 8.45. The van der Waals surface area contributed by atoms with Crippen molar-refractivity contribution in [3.63, 3.8) is 0 Å². The van der Waals surface area contributed by atoms with Gasteiger partial charge in [0.1, 0.15) is 5.75 Å². The lowest BCUT2D eigenvalue weighted by Crippen LogP contribution is -2.36. The van der Waals surface area contributed by atoms with Gasteiger partial charge in [-0.25, -0.2) is 0 Å². The van der Waals surface area contributed by atoms with Crippen molar-refractivity contribution in [1.82, 2.24) is 15.6 Å². The Labute approximate surface area is 144 Å². The Balaban J connectivity index is 1.95. The molecule has 0 saturated carbocycles. The average Bonchev–Trinajstić information content (AvgIpc) is 2.58. The smallest absolute Gasteiger partial charge is 0.191 e. The number of nitrogens with one attached hydrogen (secondary N) is 2. The van der Waals surface area contributed by atoms with Crippen molar-refractivity contribution in [3.8, 4) is 5.75 Å². The van der Waals surface area contributed by atoms with Crippen molar-refractivity contribution in [1.29, 1.82) is 0 Å². The summed E-state index contributed by atoms with van der Waals surface area (Å²) in [6.07, 6.45) is 1.84. The predicted octanol–water partition coefficient (Wildman–Crippen LogP) is 2.88. The van der Waals surface area contributed by atoms with Crippen molar-refractivity contribution >= 4 is 5.96 Å². The molecular weight excluding hydrogens is 300 g/mol. The quantitative estimate of drug-likeness (QED) is 0.655. The Morgan fingerprint density at radius 1 is 1.08 bits per heavy atom. The molecule has 24 heavy (non-hydrogen) atoms. The second-order valence-corrected chi connectivity index (χ2v) is 5.81. The molecule has 0 atom stereocenters. The van der Waals surface area contributed by atoms with Crippen molar-refractivity contribution in [2.45, 2.75) is 33.9 Å². The first-order valence-electron chi connectivity index (χ1n) is 8.04. The van der Waals surface area contributed by atoms with Crippen molar-refractivity contribution in [2.75, 3.05) is 14.2 Å². The fraction of sp³-hybridized carbons (Fsp3) is 0.368. The monoisotopic (exact) mass is 326 g/mol. The zero-order valence-corrected chi connectivity index (χ0v) is 15.1. The van der Waals surface area contributed by atoms with Crippen LogP contribution in [0.3, 0.4) is 0 Å². The van der Waals surface area contributed by atoms with E-state index in [9.17, 15) is 0 Å². The van der Waals surface area contributed by atoms with Crippen LogP contribution in [0.2, 0.25) is 0 Å². The Morgan fingerprint density at radius 2 is 1.75 bits per heavy atom. The molecule has 5 nitrogen and oxygen atoms in total. The molecular formula is C19H26N4O. The summed E-state index contributed by atoms with van der Waals surface area (Å²) < 4.78 is 5.45. The second-order valence-electron chi connectivity index (χ2n) is 5.81. The second kappa shape index (κ2) is 8.34. The number of nitrogens with zero attached hydrogens (tertiary/aromatic N) is 2. The fourth-order valence-electron chi connectivity index (χ4n) is 2.53. The molecule has 0 bridgehead atoms. The highest BCUT2D eigenvalue weighted by Gasteiger charge is 2.09. The van der Waals surface area contributed by atoms with E-state index >= 15 is 0 Å².